The average Bonchev–Trinajstić information content (AvgIpc) is 2.45. The van der Waals surface area contributed by atoms with Crippen molar-refractivity contribution in [3.8, 4) is 6.07 Å². The Morgan fingerprint density at radius 1 is 1.40 bits per heavy atom. The van der Waals surface area contributed by atoms with Crippen LogP contribution in [0.2, 0.25) is 0 Å². The number of hydrogen-bond acceptors (Lipinski definition) is 4. The first-order valence-corrected chi connectivity index (χ1v) is 6.64. The van der Waals surface area contributed by atoms with Gasteiger partial charge in [-0.05, 0) is 36.3 Å². The van der Waals surface area contributed by atoms with Gasteiger partial charge in [0.1, 0.15) is 0 Å². The first-order valence-electron chi connectivity index (χ1n) is 6.23. The summed E-state index contributed by atoms with van der Waals surface area (Å²) in [4.78, 5) is 10.9. The number of thiocarbonyl (C=S) groups is 1. The van der Waals surface area contributed by atoms with Crippen LogP contribution in [0.25, 0.3) is 0 Å². The van der Waals surface area contributed by atoms with Gasteiger partial charge in [-0.15, -0.1) is 0 Å². The lowest BCUT2D eigenvalue weighted by molar-refractivity contribution is -0.140. The van der Waals surface area contributed by atoms with Crippen molar-refractivity contribution < 1.29 is 9.53 Å². The highest BCUT2D eigenvalue weighted by molar-refractivity contribution is 7.80. The van der Waals surface area contributed by atoms with E-state index in [2.05, 4.69) is 21.4 Å². The van der Waals surface area contributed by atoms with Crippen LogP contribution in [0.15, 0.2) is 24.3 Å². The van der Waals surface area contributed by atoms with Crippen LogP contribution < -0.4 is 10.6 Å². The molecule has 5 nitrogen and oxygen atoms in total. The molecule has 0 heterocycles. The molecule has 1 aromatic carbocycles. The second-order valence-corrected chi connectivity index (χ2v) is 4.50. The molecule has 1 rings (SSSR count). The number of ether oxygens (including phenoxy) is 1. The zero-order chi connectivity index (χ0) is 14.8. The number of nitriles is 1. The maximum Gasteiger partial charge on any atom is 0.305 e. The van der Waals surface area contributed by atoms with Gasteiger partial charge in [0.15, 0.2) is 5.11 Å². The lowest BCUT2D eigenvalue weighted by atomic mass is 10.1. The molecule has 0 amide bonds. The highest BCUT2D eigenvalue weighted by Gasteiger charge is 2.01. The number of nitrogens with one attached hydrogen (secondary N) is 2. The minimum Gasteiger partial charge on any atom is -0.469 e. The van der Waals surface area contributed by atoms with Crippen LogP contribution in [0.4, 0.5) is 5.69 Å². The third-order valence-corrected chi connectivity index (χ3v) is 2.81. The van der Waals surface area contributed by atoms with Crippen molar-refractivity contribution in [1.82, 2.24) is 5.32 Å². The standard InChI is InChI=1S/C14H17N3O2S/c1-19-13(18)3-2-10-16-14(20)17-12-6-4-11(5-7-12)8-9-15/h4-7H,2-3,8,10H2,1H3,(H2,16,17,20). The Morgan fingerprint density at radius 2 is 2.10 bits per heavy atom. The lowest BCUT2D eigenvalue weighted by Gasteiger charge is -2.10. The zero-order valence-electron chi connectivity index (χ0n) is 11.3. The minimum atomic E-state index is -0.223. The number of anilines is 1. The van der Waals surface area contributed by atoms with Crippen molar-refractivity contribution in [3.05, 3.63) is 29.8 Å². The van der Waals surface area contributed by atoms with Gasteiger partial charge in [-0.1, -0.05) is 12.1 Å². The summed E-state index contributed by atoms with van der Waals surface area (Å²) in [6.45, 7) is 0.605. The molecule has 0 atom stereocenters. The van der Waals surface area contributed by atoms with Crippen molar-refractivity contribution in [2.75, 3.05) is 19.0 Å². The Balaban J connectivity index is 2.28. The van der Waals surface area contributed by atoms with Gasteiger partial charge in [0.05, 0.1) is 19.6 Å². The van der Waals surface area contributed by atoms with E-state index in [1.54, 1.807) is 0 Å². The van der Waals surface area contributed by atoms with Crippen molar-refractivity contribution in [3.63, 3.8) is 0 Å². The summed E-state index contributed by atoms with van der Waals surface area (Å²) in [5.41, 5.74) is 1.83. The zero-order valence-corrected chi connectivity index (χ0v) is 12.1. The Kier molecular flexibility index (Phi) is 7.07. The number of rotatable bonds is 6. The van der Waals surface area contributed by atoms with Gasteiger partial charge < -0.3 is 15.4 Å². The Labute approximate surface area is 123 Å². The molecular weight excluding hydrogens is 274 g/mol. The molecule has 0 aromatic heterocycles. The second-order valence-electron chi connectivity index (χ2n) is 4.09. The van der Waals surface area contributed by atoms with E-state index in [4.69, 9.17) is 17.5 Å². The van der Waals surface area contributed by atoms with Crippen LogP contribution in [0.1, 0.15) is 18.4 Å². The molecule has 20 heavy (non-hydrogen) atoms. The molecule has 0 aliphatic heterocycles. The fourth-order valence-electron chi connectivity index (χ4n) is 1.51. The third kappa shape index (κ3) is 6.16. The van der Waals surface area contributed by atoms with Crippen LogP contribution in [-0.2, 0) is 16.0 Å². The third-order valence-electron chi connectivity index (χ3n) is 2.57. The van der Waals surface area contributed by atoms with Gasteiger partial charge in [0.2, 0.25) is 0 Å². The van der Waals surface area contributed by atoms with Gasteiger partial charge in [-0.2, -0.15) is 5.26 Å². The number of carbonyl (C=O) groups excluding carboxylic acids is 1. The first kappa shape index (κ1) is 15.9. The predicted molar refractivity (Wildman–Crippen MR) is 81.2 cm³/mol. The number of benzene rings is 1. The Morgan fingerprint density at radius 3 is 2.70 bits per heavy atom. The van der Waals surface area contributed by atoms with Crippen molar-refractivity contribution in [2.24, 2.45) is 0 Å². The smallest absolute Gasteiger partial charge is 0.305 e. The van der Waals surface area contributed by atoms with E-state index >= 15 is 0 Å². The van der Waals surface area contributed by atoms with Gasteiger partial charge in [-0.25, -0.2) is 0 Å². The molecule has 0 fully saturated rings. The quantitative estimate of drug-likeness (QED) is 0.474. The fraction of sp³-hybridized carbons (Fsp3) is 0.357. The normalized spacial score (nSPS) is 9.40. The van der Waals surface area contributed by atoms with Gasteiger partial charge in [0, 0.05) is 18.7 Å². The van der Waals surface area contributed by atoms with E-state index in [1.807, 2.05) is 24.3 Å². The maximum atomic E-state index is 10.9. The molecule has 0 bridgehead atoms. The van der Waals surface area contributed by atoms with E-state index in [0.29, 0.717) is 30.9 Å². The SMILES string of the molecule is COC(=O)CCCNC(=S)Nc1ccc(CC#N)cc1. The predicted octanol–water partition coefficient (Wildman–Crippen LogP) is 1.99. The summed E-state index contributed by atoms with van der Waals surface area (Å²) in [5.74, 6) is -0.223. The van der Waals surface area contributed by atoms with Gasteiger partial charge in [0.25, 0.3) is 0 Å². The Bertz CT molecular complexity index is 494. The van der Waals surface area contributed by atoms with E-state index in [1.165, 1.54) is 7.11 Å². The van der Waals surface area contributed by atoms with Gasteiger partial charge in [-0.3, -0.25) is 4.79 Å². The summed E-state index contributed by atoms with van der Waals surface area (Å²) in [6.07, 6.45) is 1.43. The largest absolute Gasteiger partial charge is 0.469 e. The van der Waals surface area contributed by atoms with Crippen molar-refractivity contribution >= 4 is 29.0 Å². The summed E-state index contributed by atoms with van der Waals surface area (Å²) in [5, 5.41) is 15.1. The molecular formula is C14H17N3O2S. The van der Waals surface area contributed by atoms with E-state index < -0.39 is 0 Å². The topological polar surface area (TPSA) is 74.2 Å². The number of methoxy groups -OCH3 is 1. The molecule has 0 saturated heterocycles. The summed E-state index contributed by atoms with van der Waals surface area (Å²) >= 11 is 5.14. The van der Waals surface area contributed by atoms with Crippen molar-refractivity contribution in [2.45, 2.75) is 19.3 Å². The van der Waals surface area contributed by atoms with Crippen LogP contribution >= 0.6 is 12.2 Å². The molecule has 106 valence electrons. The van der Waals surface area contributed by atoms with Crippen LogP contribution in [-0.4, -0.2) is 24.7 Å². The maximum absolute atomic E-state index is 10.9. The Hall–Kier alpha value is -2.13. The molecule has 6 heteroatoms. The highest BCUT2D eigenvalue weighted by atomic mass is 32.1. The van der Waals surface area contributed by atoms with E-state index in [9.17, 15) is 4.79 Å². The minimum absolute atomic E-state index is 0.223. The first-order chi connectivity index (χ1) is 9.65. The van der Waals surface area contributed by atoms with E-state index in [-0.39, 0.29) is 5.97 Å². The summed E-state index contributed by atoms with van der Waals surface area (Å²) in [6, 6.07) is 9.60. The van der Waals surface area contributed by atoms with Gasteiger partial charge >= 0.3 is 5.97 Å². The molecule has 0 spiro atoms. The molecule has 0 radical (unpaired) electrons. The number of esters is 1. The molecule has 2 N–H and O–H groups in total. The molecule has 0 aliphatic carbocycles. The number of nitrogens with zero attached hydrogens (tertiary/aromatic N) is 1. The lowest BCUT2D eigenvalue weighted by Crippen LogP contribution is -2.29. The van der Waals surface area contributed by atoms with Crippen LogP contribution in [0.3, 0.4) is 0 Å². The molecule has 0 unspecified atom stereocenters. The fourth-order valence-corrected chi connectivity index (χ4v) is 1.73. The van der Waals surface area contributed by atoms with Crippen molar-refractivity contribution in [1.29, 1.82) is 5.26 Å². The second kappa shape index (κ2) is 8.88. The molecule has 0 aliphatic rings. The number of hydrogen-bond donors (Lipinski definition) is 2. The molecule has 0 saturated carbocycles. The van der Waals surface area contributed by atoms with Crippen LogP contribution in [0.5, 0.6) is 0 Å². The molecule has 1 aromatic rings. The summed E-state index contributed by atoms with van der Waals surface area (Å²) < 4.78 is 4.55. The number of carbonyl (C=O) groups is 1. The van der Waals surface area contributed by atoms with E-state index in [0.717, 1.165) is 11.3 Å². The monoisotopic (exact) mass is 291 g/mol. The highest BCUT2D eigenvalue weighted by Crippen LogP contribution is 2.09. The average molecular weight is 291 g/mol. The van der Waals surface area contributed by atoms with Crippen LogP contribution in [0, 0.1) is 11.3 Å². The summed E-state index contributed by atoms with van der Waals surface area (Å²) in [7, 11) is 1.37.